The van der Waals surface area contributed by atoms with Gasteiger partial charge in [0.05, 0.1) is 19.8 Å². The molecule has 4 rings (SSSR count). The molecular formula is C21H34IN5O. The lowest BCUT2D eigenvalue weighted by atomic mass is 9.82. The van der Waals surface area contributed by atoms with Crippen molar-refractivity contribution in [3.63, 3.8) is 0 Å². The topological polar surface area (TPSA) is 53.0 Å². The van der Waals surface area contributed by atoms with Gasteiger partial charge in [0.1, 0.15) is 5.82 Å². The fraction of sp³-hybridized carbons (Fsp3) is 0.714. The number of nitrogens with one attached hydrogen (secondary N) is 1. The Hall–Kier alpha value is -1.09. The van der Waals surface area contributed by atoms with Crippen LogP contribution < -0.4 is 10.2 Å². The molecule has 1 aromatic rings. The van der Waals surface area contributed by atoms with Gasteiger partial charge in [-0.15, -0.1) is 24.0 Å². The van der Waals surface area contributed by atoms with Crippen LogP contribution in [-0.2, 0) is 11.3 Å². The van der Waals surface area contributed by atoms with Crippen molar-refractivity contribution >= 4 is 35.8 Å². The summed E-state index contributed by atoms with van der Waals surface area (Å²) in [7, 11) is 0. The first kappa shape index (κ1) is 21.6. The molecule has 0 radical (unpaired) electrons. The van der Waals surface area contributed by atoms with Crippen molar-refractivity contribution in [3.8, 4) is 0 Å². The highest BCUT2D eigenvalue weighted by Crippen LogP contribution is 2.36. The van der Waals surface area contributed by atoms with Gasteiger partial charge in [-0.25, -0.2) is 9.98 Å². The van der Waals surface area contributed by atoms with Crippen LogP contribution in [-0.4, -0.2) is 61.8 Å². The molecule has 2 atom stereocenters. The predicted molar refractivity (Wildman–Crippen MR) is 125 cm³/mol. The van der Waals surface area contributed by atoms with Crippen molar-refractivity contribution < 1.29 is 4.74 Å². The molecule has 1 N–H and O–H groups in total. The van der Waals surface area contributed by atoms with Crippen LogP contribution in [0.2, 0.25) is 0 Å². The largest absolute Gasteiger partial charge is 0.378 e. The lowest BCUT2D eigenvalue weighted by Gasteiger charge is -2.29. The highest BCUT2D eigenvalue weighted by molar-refractivity contribution is 14.0. The molecule has 0 amide bonds. The summed E-state index contributed by atoms with van der Waals surface area (Å²) < 4.78 is 5.49. The van der Waals surface area contributed by atoms with Gasteiger partial charge >= 0.3 is 0 Å². The smallest absolute Gasteiger partial charge is 0.194 e. The number of aliphatic imine (C=N–C) groups is 1. The molecular weight excluding hydrogens is 465 g/mol. The van der Waals surface area contributed by atoms with Crippen LogP contribution >= 0.6 is 24.0 Å². The number of aromatic nitrogens is 1. The first-order chi connectivity index (χ1) is 13.3. The first-order valence-corrected chi connectivity index (χ1v) is 10.6. The third-order valence-corrected chi connectivity index (χ3v) is 6.19. The van der Waals surface area contributed by atoms with Crippen LogP contribution in [0.3, 0.4) is 0 Å². The van der Waals surface area contributed by atoms with E-state index in [4.69, 9.17) is 9.73 Å². The lowest BCUT2D eigenvalue weighted by Crippen LogP contribution is -2.40. The molecule has 0 bridgehead atoms. The van der Waals surface area contributed by atoms with Gasteiger partial charge in [-0.2, -0.15) is 0 Å². The number of rotatable bonds is 4. The van der Waals surface area contributed by atoms with Crippen molar-refractivity contribution in [2.75, 3.05) is 50.8 Å². The Labute approximate surface area is 186 Å². The van der Waals surface area contributed by atoms with Crippen LogP contribution in [0.1, 0.15) is 38.2 Å². The summed E-state index contributed by atoms with van der Waals surface area (Å²) in [6, 6.07) is 4.18. The van der Waals surface area contributed by atoms with Gasteiger partial charge in [-0.05, 0) is 37.7 Å². The summed E-state index contributed by atoms with van der Waals surface area (Å²) in [6.45, 7) is 9.44. The maximum atomic E-state index is 5.49. The number of halogens is 1. The number of guanidine groups is 1. The van der Waals surface area contributed by atoms with Gasteiger partial charge in [0, 0.05) is 44.5 Å². The average molecular weight is 499 g/mol. The molecule has 1 saturated carbocycles. The Bertz CT molecular complexity index is 635. The fourth-order valence-corrected chi connectivity index (χ4v) is 4.78. The molecule has 3 fully saturated rings. The molecule has 7 heteroatoms. The second-order valence-corrected chi connectivity index (χ2v) is 7.97. The van der Waals surface area contributed by atoms with E-state index in [2.05, 4.69) is 33.1 Å². The number of morpholine rings is 1. The number of hydrogen-bond acceptors (Lipinski definition) is 4. The lowest BCUT2D eigenvalue weighted by molar-refractivity contribution is 0.122. The number of hydrogen-bond donors (Lipinski definition) is 1. The Morgan fingerprint density at radius 3 is 2.61 bits per heavy atom. The van der Waals surface area contributed by atoms with E-state index in [9.17, 15) is 0 Å². The van der Waals surface area contributed by atoms with E-state index < -0.39 is 0 Å². The number of ether oxygens (including phenoxy) is 1. The Morgan fingerprint density at radius 1 is 1.21 bits per heavy atom. The molecule has 2 aliphatic heterocycles. The zero-order chi connectivity index (χ0) is 18.5. The van der Waals surface area contributed by atoms with Gasteiger partial charge in [0.25, 0.3) is 0 Å². The van der Waals surface area contributed by atoms with Gasteiger partial charge in [-0.3, -0.25) is 0 Å². The third-order valence-electron chi connectivity index (χ3n) is 6.19. The van der Waals surface area contributed by atoms with Gasteiger partial charge < -0.3 is 19.9 Å². The highest BCUT2D eigenvalue weighted by atomic mass is 127. The van der Waals surface area contributed by atoms with E-state index in [0.29, 0.717) is 6.54 Å². The van der Waals surface area contributed by atoms with Crippen molar-refractivity contribution in [2.45, 2.75) is 39.2 Å². The van der Waals surface area contributed by atoms with Crippen molar-refractivity contribution in [1.82, 2.24) is 15.2 Å². The van der Waals surface area contributed by atoms with Crippen molar-refractivity contribution in [1.29, 1.82) is 0 Å². The maximum absolute atomic E-state index is 5.49. The molecule has 6 nitrogen and oxygen atoms in total. The first-order valence-electron chi connectivity index (χ1n) is 10.6. The molecule has 2 unspecified atom stereocenters. The number of pyridine rings is 1. The zero-order valence-corrected chi connectivity index (χ0v) is 19.3. The normalized spacial score (nSPS) is 25.2. The van der Waals surface area contributed by atoms with E-state index in [1.165, 1.54) is 44.3 Å². The quantitative estimate of drug-likeness (QED) is 0.392. The SMILES string of the molecule is CCNC(=NCc1cccnc1N1CCOCC1)N1CC2CCCCC2C1.I. The maximum Gasteiger partial charge on any atom is 0.194 e. The van der Waals surface area contributed by atoms with Gasteiger partial charge in [0.2, 0.25) is 0 Å². The number of anilines is 1. The average Bonchev–Trinajstić information content (AvgIpc) is 3.16. The molecule has 2 saturated heterocycles. The van der Waals surface area contributed by atoms with Crippen LogP contribution in [0.25, 0.3) is 0 Å². The second-order valence-electron chi connectivity index (χ2n) is 7.97. The van der Waals surface area contributed by atoms with Crippen LogP contribution in [0.4, 0.5) is 5.82 Å². The molecule has 156 valence electrons. The number of nitrogens with zero attached hydrogens (tertiary/aromatic N) is 4. The standard InChI is InChI=1S/C21H33N5O.HI/c1-2-22-21(26-15-18-6-3-4-7-19(18)16-26)24-14-17-8-5-9-23-20(17)25-10-12-27-13-11-25;/h5,8-9,18-19H,2-4,6-7,10-16H2,1H3,(H,22,24);1H. The van der Waals surface area contributed by atoms with Crippen molar-refractivity contribution in [2.24, 2.45) is 16.8 Å². The zero-order valence-electron chi connectivity index (χ0n) is 17.0. The highest BCUT2D eigenvalue weighted by Gasteiger charge is 2.35. The minimum atomic E-state index is 0. The molecule has 0 spiro atoms. The summed E-state index contributed by atoms with van der Waals surface area (Å²) in [5.74, 6) is 3.87. The van der Waals surface area contributed by atoms with Crippen molar-refractivity contribution in [3.05, 3.63) is 23.9 Å². The summed E-state index contributed by atoms with van der Waals surface area (Å²) in [4.78, 5) is 14.5. The Morgan fingerprint density at radius 2 is 1.93 bits per heavy atom. The van der Waals surface area contributed by atoms with E-state index >= 15 is 0 Å². The summed E-state index contributed by atoms with van der Waals surface area (Å²) in [5.41, 5.74) is 1.20. The second kappa shape index (κ2) is 10.6. The molecule has 3 heterocycles. The predicted octanol–water partition coefficient (Wildman–Crippen LogP) is 3.12. The van der Waals surface area contributed by atoms with E-state index in [0.717, 1.165) is 56.5 Å². The molecule has 3 aliphatic rings. The van der Waals surface area contributed by atoms with Crippen LogP contribution in [0.5, 0.6) is 0 Å². The van der Waals surface area contributed by atoms with Crippen LogP contribution in [0, 0.1) is 11.8 Å². The number of likely N-dealkylation sites (tertiary alicyclic amines) is 1. The van der Waals surface area contributed by atoms with E-state index in [1.54, 1.807) is 0 Å². The Balaban J connectivity index is 0.00000225. The van der Waals surface area contributed by atoms with Gasteiger partial charge in [0.15, 0.2) is 5.96 Å². The minimum Gasteiger partial charge on any atom is -0.378 e. The monoisotopic (exact) mass is 499 g/mol. The number of fused-ring (bicyclic) bond motifs is 1. The Kier molecular flexibility index (Phi) is 8.20. The fourth-order valence-electron chi connectivity index (χ4n) is 4.78. The van der Waals surface area contributed by atoms with Gasteiger partial charge in [-0.1, -0.05) is 18.9 Å². The summed E-state index contributed by atoms with van der Waals surface area (Å²) in [5, 5.41) is 3.53. The third kappa shape index (κ3) is 5.09. The van der Waals surface area contributed by atoms with Crippen LogP contribution in [0.15, 0.2) is 23.3 Å². The van der Waals surface area contributed by atoms with E-state index in [-0.39, 0.29) is 24.0 Å². The summed E-state index contributed by atoms with van der Waals surface area (Å²) in [6.07, 6.45) is 7.48. The molecule has 28 heavy (non-hydrogen) atoms. The molecule has 0 aromatic carbocycles. The summed E-state index contributed by atoms with van der Waals surface area (Å²) >= 11 is 0. The van der Waals surface area contributed by atoms with E-state index in [1.807, 2.05) is 12.3 Å². The minimum absolute atomic E-state index is 0. The molecule has 1 aromatic heterocycles. The molecule has 1 aliphatic carbocycles.